The summed E-state index contributed by atoms with van der Waals surface area (Å²) in [6.45, 7) is 5.12. The molecule has 21 heavy (non-hydrogen) atoms. The second-order valence-corrected chi connectivity index (χ2v) is 4.95. The molecule has 0 saturated carbocycles. The van der Waals surface area contributed by atoms with Crippen molar-refractivity contribution in [1.29, 1.82) is 0 Å². The smallest absolute Gasteiger partial charge is 0.337 e. The van der Waals surface area contributed by atoms with Crippen LogP contribution in [0.3, 0.4) is 0 Å². The number of benzene rings is 1. The number of nitrogens with zero attached hydrogens (tertiary/aromatic N) is 1. The van der Waals surface area contributed by atoms with E-state index >= 15 is 0 Å². The zero-order valence-corrected chi connectivity index (χ0v) is 12.3. The minimum Gasteiger partial charge on any atom is -0.478 e. The van der Waals surface area contributed by atoms with Crippen molar-refractivity contribution in [3.63, 3.8) is 0 Å². The van der Waals surface area contributed by atoms with Gasteiger partial charge in [-0.1, -0.05) is 0 Å². The number of hydrogen-bond donors (Lipinski definition) is 3. The zero-order valence-electron chi connectivity index (χ0n) is 12.3. The van der Waals surface area contributed by atoms with Gasteiger partial charge >= 0.3 is 12.0 Å². The molecule has 7 heteroatoms. The lowest BCUT2D eigenvalue weighted by atomic mass is 10.2. The van der Waals surface area contributed by atoms with Gasteiger partial charge in [0.15, 0.2) is 0 Å². The molecule has 6 nitrogen and oxygen atoms in total. The number of urea groups is 1. The van der Waals surface area contributed by atoms with Crippen molar-refractivity contribution in [3.8, 4) is 0 Å². The van der Waals surface area contributed by atoms with Crippen LogP contribution in [-0.4, -0.2) is 48.2 Å². The van der Waals surface area contributed by atoms with Crippen LogP contribution < -0.4 is 10.6 Å². The number of halogens is 1. The van der Waals surface area contributed by atoms with Gasteiger partial charge < -0.3 is 20.6 Å². The topological polar surface area (TPSA) is 81.7 Å². The Bertz CT molecular complexity index is 520. The molecule has 116 valence electrons. The van der Waals surface area contributed by atoms with Crippen LogP contribution >= 0.6 is 0 Å². The molecule has 0 saturated heterocycles. The van der Waals surface area contributed by atoms with Gasteiger partial charge in [0, 0.05) is 19.1 Å². The Morgan fingerprint density at radius 1 is 1.38 bits per heavy atom. The van der Waals surface area contributed by atoms with E-state index in [2.05, 4.69) is 10.6 Å². The van der Waals surface area contributed by atoms with Crippen LogP contribution in [0.5, 0.6) is 0 Å². The molecular weight excluding hydrogens is 277 g/mol. The molecule has 0 radical (unpaired) electrons. The Balaban J connectivity index is 2.59. The summed E-state index contributed by atoms with van der Waals surface area (Å²) in [6, 6.07) is 2.91. The van der Waals surface area contributed by atoms with E-state index in [-0.39, 0.29) is 11.3 Å². The summed E-state index contributed by atoms with van der Waals surface area (Å²) < 4.78 is 13.1. The fourth-order valence-electron chi connectivity index (χ4n) is 1.58. The highest BCUT2D eigenvalue weighted by Gasteiger charge is 2.13. The quantitative estimate of drug-likeness (QED) is 0.750. The average Bonchev–Trinajstić information content (AvgIpc) is 2.37. The van der Waals surface area contributed by atoms with Crippen molar-refractivity contribution in [3.05, 3.63) is 29.6 Å². The minimum absolute atomic E-state index is 0.0720. The summed E-state index contributed by atoms with van der Waals surface area (Å²) >= 11 is 0. The van der Waals surface area contributed by atoms with Crippen molar-refractivity contribution in [1.82, 2.24) is 10.2 Å². The van der Waals surface area contributed by atoms with Gasteiger partial charge in [-0.2, -0.15) is 0 Å². The van der Waals surface area contributed by atoms with Gasteiger partial charge in [0.05, 0.1) is 11.3 Å². The number of carbonyl (C=O) groups excluding carboxylic acids is 1. The molecule has 1 aromatic carbocycles. The number of hydrogen-bond acceptors (Lipinski definition) is 3. The fourth-order valence-corrected chi connectivity index (χ4v) is 1.58. The van der Waals surface area contributed by atoms with Crippen molar-refractivity contribution in [2.24, 2.45) is 0 Å². The summed E-state index contributed by atoms with van der Waals surface area (Å²) in [4.78, 5) is 24.7. The summed E-state index contributed by atoms with van der Waals surface area (Å²) in [7, 11) is 1.93. The molecule has 0 aromatic heterocycles. The Kier molecular flexibility index (Phi) is 6.10. The third-order valence-corrected chi connectivity index (χ3v) is 3.09. The van der Waals surface area contributed by atoms with Crippen molar-refractivity contribution in [2.45, 2.75) is 19.9 Å². The lowest BCUT2D eigenvalue weighted by Gasteiger charge is -2.21. The van der Waals surface area contributed by atoms with E-state index in [1.807, 2.05) is 25.8 Å². The van der Waals surface area contributed by atoms with Gasteiger partial charge in [-0.25, -0.2) is 14.0 Å². The predicted octanol–water partition coefficient (Wildman–Crippen LogP) is 1.99. The van der Waals surface area contributed by atoms with Crippen molar-refractivity contribution < 1.29 is 19.1 Å². The molecule has 3 N–H and O–H groups in total. The first-order chi connectivity index (χ1) is 9.81. The minimum atomic E-state index is -1.23. The van der Waals surface area contributed by atoms with Crippen LogP contribution in [0.25, 0.3) is 0 Å². The standard InChI is InChI=1S/C14H20FN3O3/c1-9(2)18(3)7-6-16-14(21)17-12-8-10(15)4-5-11(12)13(19)20/h4-5,8-9H,6-7H2,1-3H3,(H,19,20)(H2,16,17,21). The maximum atomic E-state index is 13.1. The molecule has 0 aliphatic heterocycles. The van der Waals surface area contributed by atoms with E-state index in [4.69, 9.17) is 5.11 Å². The lowest BCUT2D eigenvalue weighted by molar-refractivity contribution is 0.0698. The van der Waals surface area contributed by atoms with Crippen LogP contribution in [-0.2, 0) is 0 Å². The third kappa shape index (κ3) is 5.39. The molecular formula is C14H20FN3O3. The van der Waals surface area contributed by atoms with Crippen LogP contribution in [0.2, 0.25) is 0 Å². The molecule has 0 atom stereocenters. The molecule has 0 bridgehead atoms. The van der Waals surface area contributed by atoms with E-state index in [1.165, 1.54) is 0 Å². The first kappa shape index (κ1) is 16.9. The zero-order chi connectivity index (χ0) is 16.0. The van der Waals surface area contributed by atoms with Gasteiger partial charge in [0.2, 0.25) is 0 Å². The van der Waals surface area contributed by atoms with E-state index in [0.29, 0.717) is 19.1 Å². The third-order valence-electron chi connectivity index (χ3n) is 3.09. The molecule has 0 spiro atoms. The Labute approximate surface area is 122 Å². The molecule has 0 aliphatic rings. The largest absolute Gasteiger partial charge is 0.478 e. The predicted molar refractivity (Wildman–Crippen MR) is 78.1 cm³/mol. The first-order valence-electron chi connectivity index (χ1n) is 6.59. The Morgan fingerprint density at radius 2 is 2.05 bits per heavy atom. The second-order valence-electron chi connectivity index (χ2n) is 4.95. The van der Waals surface area contributed by atoms with Crippen LogP contribution in [0, 0.1) is 5.82 Å². The molecule has 2 amide bonds. The number of carbonyl (C=O) groups is 2. The van der Waals surface area contributed by atoms with Gasteiger partial charge in [-0.3, -0.25) is 0 Å². The normalized spacial score (nSPS) is 10.8. The summed E-state index contributed by atoms with van der Waals surface area (Å²) in [5.41, 5.74) is -0.233. The highest BCUT2D eigenvalue weighted by atomic mass is 19.1. The number of amides is 2. The van der Waals surface area contributed by atoms with Gasteiger partial charge in [-0.05, 0) is 39.1 Å². The SMILES string of the molecule is CC(C)N(C)CCNC(=O)Nc1cc(F)ccc1C(=O)O. The first-order valence-corrected chi connectivity index (χ1v) is 6.59. The number of carboxylic acid groups (broad SMARTS) is 1. The number of anilines is 1. The summed E-state index contributed by atoms with van der Waals surface area (Å²) in [5.74, 6) is -1.85. The maximum absolute atomic E-state index is 13.1. The Morgan fingerprint density at radius 3 is 2.62 bits per heavy atom. The number of carboxylic acids is 1. The number of rotatable bonds is 6. The highest BCUT2D eigenvalue weighted by molar-refractivity contribution is 5.99. The molecule has 0 aliphatic carbocycles. The van der Waals surface area contributed by atoms with Crippen LogP contribution in [0.15, 0.2) is 18.2 Å². The second kappa shape index (κ2) is 7.58. The molecule has 1 rings (SSSR count). The van der Waals surface area contributed by atoms with E-state index in [0.717, 1.165) is 18.2 Å². The van der Waals surface area contributed by atoms with Crippen LogP contribution in [0.4, 0.5) is 14.9 Å². The van der Waals surface area contributed by atoms with Gasteiger partial charge in [0.1, 0.15) is 5.82 Å². The number of nitrogens with one attached hydrogen (secondary N) is 2. The molecule has 0 unspecified atom stereocenters. The van der Waals surface area contributed by atoms with Crippen molar-refractivity contribution in [2.75, 3.05) is 25.5 Å². The van der Waals surface area contributed by atoms with Gasteiger partial charge in [0.25, 0.3) is 0 Å². The molecule has 1 aromatic rings. The lowest BCUT2D eigenvalue weighted by Crippen LogP contribution is -2.38. The summed E-state index contributed by atoms with van der Waals surface area (Å²) in [6.07, 6.45) is 0. The average molecular weight is 297 g/mol. The molecule has 0 fully saturated rings. The van der Waals surface area contributed by atoms with E-state index in [1.54, 1.807) is 0 Å². The Hall–Kier alpha value is -2.15. The number of aromatic carboxylic acids is 1. The number of likely N-dealkylation sites (N-methyl/N-ethyl adjacent to an activating group) is 1. The summed E-state index contributed by atoms with van der Waals surface area (Å²) in [5, 5.41) is 13.9. The van der Waals surface area contributed by atoms with E-state index < -0.39 is 17.8 Å². The maximum Gasteiger partial charge on any atom is 0.337 e. The molecule has 0 heterocycles. The van der Waals surface area contributed by atoms with E-state index in [9.17, 15) is 14.0 Å². The van der Waals surface area contributed by atoms with Gasteiger partial charge in [-0.15, -0.1) is 0 Å². The fraction of sp³-hybridized carbons (Fsp3) is 0.429. The monoisotopic (exact) mass is 297 g/mol. The van der Waals surface area contributed by atoms with Crippen LogP contribution in [0.1, 0.15) is 24.2 Å². The van der Waals surface area contributed by atoms with Crippen molar-refractivity contribution >= 4 is 17.7 Å². The highest BCUT2D eigenvalue weighted by Crippen LogP contribution is 2.17.